The van der Waals surface area contributed by atoms with Crippen molar-refractivity contribution in [1.82, 2.24) is 0 Å². The van der Waals surface area contributed by atoms with Crippen LogP contribution in [0.4, 0.5) is 0 Å². The van der Waals surface area contributed by atoms with Gasteiger partial charge in [0.05, 0.1) is 6.61 Å². The van der Waals surface area contributed by atoms with E-state index in [4.69, 9.17) is 30.4 Å². The zero-order valence-corrected chi connectivity index (χ0v) is 15.0. The monoisotopic (exact) mass is 383 g/mol. The van der Waals surface area contributed by atoms with E-state index >= 15 is 0 Å². The van der Waals surface area contributed by atoms with Crippen LogP contribution in [0, 0.1) is 6.92 Å². The highest BCUT2D eigenvalue weighted by atomic mass is 35.5. The maximum Gasteiger partial charge on any atom is 0.333 e. The molecule has 1 fully saturated rings. The van der Waals surface area contributed by atoms with E-state index in [1.54, 1.807) is 6.07 Å². The minimum atomic E-state index is -4.09. The highest BCUT2D eigenvalue weighted by molar-refractivity contribution is 7.84. The van der Waals surface area contributed by atoms with Gasteiger partial charge in [0.25, 0.3) is 0 Å². The predicted molar refractivity (Wildman–Crippen MR) is 93.1 cm³/mol. The zero-order valence-electron chi connectivity index (χ0n) is 13.5. The second-order valence-electron chi connectivity index (χ2n) is 5.72. The maximum atomic E-state index is 11.1. The van der Waals surface area contributed by atoms with Crippen LogP contribution >= 0.6 is 11.6 Å². The lowest BCUT2D eigenvalue weighted by Crippen LogP contribution is -2.27. The highest BCUT2D eigenvalue weighted by Crippen LogP contribution is 2.43. The summed E-state index contributed by atoms with van der Waals surface area (Å²) >= 11 is 6.34. The van der Waals surface area contributed by atoms with Gasteiger partial charge < -0.3 is 9.47 Å². The molecule has 2 N–H and O–H groups in total. The predicted octanol–water partition coefficient (Wildman–Crippen LogP) is 3.02. The van der Waals surface area contributed by atoms with E-state index in [2.05, 4.69) is 0 Å². The molecule has 134 valence electrons. The molecule has 0 saturated carbocycles. The van der Waals surface area contributed by atoms with E-state index < -0.39 is 28.8 Å². The topological polar surface area (TPSA) is 87.8 Å². The summed E-state index contributed by atoms with van der Waals surface area (Å²) in [5, 5.41) is 5.45. The fourth-order valence-corrected chi connectivity index (χ4v) is 3.45. The molecule has 2 aromatic carbocycles. The van der Waals surface area contributed by atoms with Crippen LogP contribution in [-0.4, -0.2) is 21.1 Å². The lowest BCUT2D eigenvalue weighted by Gasteiger charge is -2.19. The minimum absolute atomic E-state index is 0.266. The Morgan fingerprint density at radius 3 is 2.48 bits per heavy atom. The van der Waals surface area contributed by atoms with Crippen LogP contribution in [0.3, 0.4) is 0 Å². The molecular weight excluding hydrogens is 366 g/mol. The van der Waals surface area contributed by atoms with Crippen LogP contribution in [0.2, 0.25) is 5.02 Å². The lowest BCUT2D eigenvalue weighted by molar-refractivity contribution is -0.0727. The molecule has 0 aromatic heterocycles. The fourth-order valence-electron chi connectivity index (χ4n) is 2.80. The first-order valence-corrected chi connectivity index (χ1v) is 9.48. The summed E-state index contributed by atoms with van der Waals surface area (Å²) < 4.78 is 39.0. The Hall–Kier alpha value is -1.48. The van der Waals surface area contributed by atoms with Crippen molar-refractivity contribution >= 4 is 21.9 Å². The number of nitrogens with two attached hydrogens (primary N) is 1. The molecule has 1 aliphatic rings. The summed E-state index contributed by atoms with van der Waals surface area (Å²) in [4.78, 5) is 0. The van der Waals surface area contributed by atoms with Crippen molar-refractivity contribution in [3.63, 3.8) is 0 Å². The van der Waals surface area contributed by atoms with Crippen molar-refractivity contribution in [2.24, 2.45) is 5.14 Å². The van der Waals surface area contributed by atoms with E-state index in [0.29, 0.717) is 5.02 Å². The summed E-state index contributed by atoms with van der Waals surface area (Å²) in [6, 6.07) is 14.8. The van der Waals surface area contributed by atoms with Gasteiger partial charge in [0.15, 0.2) is 6.29 Å². The van der Waals surface area contributed by atoms with Crippen LogP contribution in [0.15, 0.2) is 48.5 Å². The molecule has 3 atom stereocenters. The Bertz CT molecular complexity index is 823. The largest absolute Gasteiger partial charge is 0.340 e. The smallest absolute Gasteiger partial charge is 0.333 e. The number of ether oxygens (including phenoxy) is 2. The van der Waals surface area contributed by atoms with Crippen LogP contribution < -0.4 is 5.14 Å². The van der Waals surface area contributed by atoms with Gasteiger partial charge in [-0.25, -0.2) is 5.14 Å². The van der Waals surface area contributed by atoms with Crippen molar-refractivity contribution in [1.29, 1.82) is 0 Å². The second-order valence-corrected chi connectivity index (χ2v) is 7.35. The molecule has 0 spiro atoms. The number of aryl methyl sites for hydroxylation is 1. The molecule has 3 unspecified atom stereocenters. The molecule has 0 bridgehead atoms. The van der Waals surface area contributed by atoms with E-state index in [-0.39, 0.29) is 6.61 Å². The second kappa shape index (κ2) is 7.41. The normalized spacial score (nSPS) is 23.7. The SMILES string of the molecule is Cc1cccc(Cl)c1C1OC(c2ccccc2)OC1COS(N)(=O)=O. The Balaban J connectivity index is 1.91. The number of rotatable bonds is 5. The number of halogens is 1. The van der Waals surface area contributed by atoms with Gasteiger partial charge in [-0.1, -0.05) is 54.1 Å². The minimum Gasteiger partial charge on any atom is -0.340 e. The van der Waals surface area contributed by atoms with Gasteiger partial charge in [-0.05, 0) is 18.6 Å². The fraction of sp³-hybridized carbons (Fsp3) is 0.294. The molecule has 0 amide bonds. The average Bonchev–Trinajstić information content (AvgIpc) is 2.97. The third-order valence-electron chi connectivity index (χ3n) is 3.93. The van der Waals surface area contributed by atoms with E-state index in [0.717, 1.165) is 16.7 Å². The van der Waals surface area contributed by atoms with Gasteiger partial charge in [0.2, 0.25) is 0 Å². The number of hydrogen-bond acceptors (Lipinski definition) is 5. The summed E-state index contributed by atoms with van der Waals surface area (Å²) in [6.45, 7) is 1.63. The van der Waals surface area contributed by atoms with Crippen LogP contribution in [0.25, 0.3) is 0 Å². The Morgan fingerprint density at radius 2 is 1.84 bits per heavy atom. The van der Waals surface area contributed by atoms with E-state index in [9.17, 15) is 8.42 Å². The van der Waals surface area contributed by atoms with Crippen LogP contribution in [-0.2, 0) is 24.0 Å². The molecule has 3 rings (SSSR count). The quantitative estimate of drug-likeness (QED) is 0.857. The first-order valence-electron chi connectivity index (χ1n) is 7.63. The third kappa shape index (κ3) is 4.38. The van der Waals surface area contributed by atoms with Crippen LogP contribution in [0.1, 0.15) is 29.1 Å². The summed E-state index contributed by atoms with van der Waals surface area (Å²) in [6.07, 6.45) is -1.92. The summed E-state index contributed by atoms with van der Waals surface area (Å²) in [5.41, 5.74) is 2.47. The van der Waals surface area contributed by atoms with Gasteiger partial charge in [0.1, 0.15) is 12.2 Å². The first-order chi connectivity index (χ1) is 11.8. The van der Waals surface area contributed by atoms with Crippen molar-refractivity contribution in [3.8, 4) is 0 Å². The number of hydrogen-bond donors (Lipinski definition) is 1. The van der Waals surface area contributed by atoms with Crippen LogP contribution in [0.5, 0.6) is 0 Å². The summed E-state index contributed by atoms with van der Waals surface area (Å²) in [7, 11) is -4.09. The summed E-state index contributed by atoms with van der Waals surface area (Å²) in [5.74, 6) is 0. The first kappa shape index (κ1) is 18.3. The molecule has 0 aliphatic carbocycles. The Morgan fingerprint density at radius 1 is 1.12 bits per heavy atom. The van der Waals surface area contributed by atoms with Crippen molar-refractivity contribution < 1.29 is 22.1 Å². The Kier molecular flexibility index (Phi) is 5.43. The number of benzene rings is 2. The maximum absolute atomic E-state index is 11.1. The van der Waals surface area contributed by atoms with Crippen molar-refractivity contribution in [2.45, 2.75) is 25.4 Å². The van der Waals surface area contributed by atoms with Gasteiger partial charge >= 0.3 is 10.3 Å². The van der Waals surface area contributed by atoms with E-state index in [1.165, 1.54) is 0 Å². The average molecular weight is 384 g/mol. The molecule has 25 heavy (non-hydrogen) atoms. The van der Waals surface area contributed by atoms with E-state index in [1.807, 2.05) is 49.4 Å². The van der Waals surface area contributed by atoms with Gasteiger partial charge in [0, 0.05) is 16.1 Å². The Labute approximate surface area is 151 Å². The zero-order chi connectivity index (χ0) is 18.0. The molecule has 2 aromatic rings. The third-order valence-corrected chi connectivity index (χ3v) is 4.72. The van der Waals surface area contributed by atoms with Crippen molar-refractivity contribution in [2.75, 3.05) is 6.61 Å². The molecule has 1 aliphatic heterocycles. The van der Waals surface area contributed by atoms with Gasteiger partial charge in [-0.2, -0.15) is 8.42 Å². The molecule has 6 nitrogen and oxygen atoms in total. The molecule has 1 saturated heterocycles. The lowest BCUT2D eigenvalue weighted by atomic mass is 10.00. The molecule has 0 radical (unpaired) electrons. The standard InChI is InChI=1S/C17H18ClNO5S/c1-11-6-5-9-13(18)15(11)16-14(10-22-25(19,20)21)23-17(24-16)12-7-3-2-4-8-12/h2-9,14,16-17H,10H2,1H3,(H2,19,20,21). The van der Waals surface area contributed by atoms with Gasteiger partial charge in [-0.3, -0.25) is 4.18 Å². The molecule has 1 heterocycles. The van der Waals surface area contributed by atoms with Gasteiger partial charge in [-0.15, -0.1) is 0 Å². The molecular formula is C17H18ClNO5S. The van der Waals surface area contributed by atoms with Crippen molar-refractivity contribution in [3.05, 3.63) is 70.2 Å². The highest BCUT2D eigenvalue weighted by Gasteiger charge is 2.40. The molecule has 8 heteroatoms.